The molecule has 0 atom stereocenters. The molecule has 6 aromatic rings. The topological polar surface area (TPSA) is 120 Å². The molecule has 11 heteroatoms. The molecule has 0 amide bonds. The predicted molar refractivity (Wildman–Crippen MR) is 200 cm³/mol. The number of carbonyl (C=O) groups excluding carboxylic acids is 1. The number of aryl methyl sites for hydroxylation is 2. The van der Waals surface area contributed by atoms with Gasteiger partial charge in [0.1, 0.15) is 11.1 Å². The molecule has 0 saturated heterocycles. The van der Waals surface area contributed by atoms with Gasteiger partial charge in [-0.15, -0.1) is 0 Å². The van der Waals surface area contributed by atoms with E-state index in [2.05, 4.69) is 17.4 Å². The predicted octanol–water partition coefficient (Wildman–Crippen LogP) is 6.72. The summed E-state index contributed by atoms with van der Waals surface area (Å²) < 4.78 is 41.2. The highest BCUT2D eigenvalue weighted by atomic mass is 16.5. The van der Waals surface area contributed by atoms with Crippen LogP contribution in [-0.2, 0) is 19.4 Å². The fraction of sp³-hybridized carbons (Fsp3) is 0.268. The minimum absolute atomic E-state index is 0.0280. The van der Waals surface area contributed by atoms with Crippen molar-refractivity contribution in [3.05, 3.63) is 106 Å². The zero-order chi connectivity index (χ0) is 36.8. The largest absolute Gasteiger partial charge is 0.493 e. The molecule has 52 heavy (non-hydrogen) atoms. The summed E-state index contributed by atoms with van der Waals surface area (Å²) in [5.74, 6) is 2.81. The Morgan fingerprint density at radius 3 is 1.96 bits per heavy atom. The van der Waals surface area contributed by atoms with Gasteiger partial charge in [0.15, 0.2) is 40.3 Å². The number of Topliss-reactive ketones (excluding diaryl/α,β-unsaturated/α-hetero) is 1. The number of fused-ring (bicyclic) bond motifs is 3. The summed E-state index contributed by atoms with van der Waals surface area (Å²) in [5, 5.41) is 4.45. The van der Waals surface area contributed by atoms with E-state index >= 15 is 0 Å². The van der Waals surface area contributed by atoms with Crippen LogP contribution in [0.15, 0.2) is 88.1 Å². The number of ether oxygens (including phenoxy) is 6. The van der Waals surface area contributed by atoms with Gasteiger partial charge in [0.2, 0.25) is 0 Å². The van der Waals surface area contributed by atoms with Gasteiger partial charge in [-0.3, -0.25) is 4.79 Å². The van der Waals surface area contributed by atoms with Crippen LogP contribution in [0.3, 0.4) is 0 Å². The van der Waals surface area contributed by atoms with Crippen LogP contribution < -0.4 is 39.4 Å². The molecule has 0 aliphatic carbocycles. The smallest absolute Gasteiger partial charge is 0.361 e. The van der Waals surface area contributed by atoms with Crippen LogP contribution >= 0.6 is 0 Å². The van der Waals surface area contributed by atoms with Gasteiger partial charge in [0, 0.05) is 28.9 Å². The van der Waals surface area contributed by atoms with Crippen molar-refractivity contribution < 1.29 is 37.6 Å². The van der Waals surface area contributed by atoms with Crippen LogP contribution in [0.25, 0.3) is 33.0 Å². The summed E-state index contributed by atoms with van der Waals surface area (Å²) in [4.78, 5) is 28.8. The van der Waals surface area contributed by atoms with Crippen molar-refractivity contribution in [2.75, 3.05) is 55.7 Å². The summed E-state index contributed by atoms with van der Waals surface area (Å²) >= 11 is 0. The molecule has 0 saturated carbocycles. The van der Waals surface area contributed by atoms with Crippen LogP contribution in [0.2, 0.25) is 0 Å². The third kappa shape index (κ3) is 7.00. The molecule has 1 N–H and O–H groups in total. The summed E-state index contributed by atoms with van der Waals surface area (Å²) in [6.45, 7) is 0.878. The number of nitrogens with zero attached hydrogens (tertiary/aromatic N) is 1. The lowest BCUT2D eigenvalue weighted by molar-refractivity contribution is 0.0983. The minimum atomic E-state index is -0.597. The Kier molecular flexibility index (Phi) is 11.0. The van der Waals surface area contributed by atoms with Crippen LogP contribution in [0.1, 0.15) is 21.6 Å². The molecule has 0 spiro atoms. The fourth-order valence-corrected chi connectivity index (χ4v) is 6.61. The maximum absolute atomic E-state index is 14.6. The van der Waals surface area contributed by atoms with Gasteiger partial charge >= 0.3 is 5.63 Å². The van der Waals surface area contributed by atoms with Gasteiger partial charge in [0.05, 0.1) is 54.9 Å². The summed E-state index contributed by atoms with van der Waals surface area (Å²) in [7, 11) is 9.34. The van der Waals surface area contributed by atoms with Crippen molar-refractivity contribution in [2.45, 2.75) is 19.4 Å². The number of nitrogens with one attached hydrogen (secondary N) is 1. The number of ketones is 1. The van der Waals surface area contributed by atoms with Gasteiger partial charge in [-0.25, -0.2) is 4.79 Å². The molecule has 0 fully saturated rings. The Labute approximate surface area is 301 Å². The maximum atomic E-state index is 14.6. The van der Waals surface area contributed by atoms with Gasteiger partial charge < -0.3 is 42.7 Å². The number of hydrogen-bond donors (Lipinski definition) is 1. The molecule has 6 rings (SSSR count). The second kappa shape index (κ2) is 15.9. The lowest BCUT2D eigenvalue weighted by Gasteiger charge is -2.14. The number of aromatic nitrogens is 1. The summed E-state index contributed by atoms with van der Waals surface area (Å²) in [5.41, 5.74) is 3.58. The lowest BCUT2D eigenvalue weighted by atomic mass is 9.97. The van der Waals surface area contributed by atoms with E-state index < -0.39 is 5.63 Å². The molecule has 0 unspecified atom stereocenters. The first-order valence-electron chi connectivity index (χ1n) is 16.8. The number of hydrogen-bond acceptors (Lipinski definition) is 10. The monoisotopic (exact) mass is 706 g/mol. The minimum Gasteiger partial charge on any atom is -0.493 e. The average Bonchev–Trinajstić information content (AvgIpc) is 3.54. The number of rotatable bonds is 16. The zero-order valence-electron chi connectivity index (χ0n) is 30.2. The highest BCUT2D eigenvalue weighted by Crippen LogP contribution is 2.43. The molecular weight excluding hydrogens is 664 g/mol. The van der Waals surface area contributed by atoms with Gasteiger partial charge in [-0.05, 0) is 66.4 Å². The van der Waals surface area contributed by atoms with Crippen molar-refractivity contribution in [3.8, 4) is 45.6 Å². The maximum Gasteiger partial charge on any atom is 0.361 e. The Morgan fingerprint density at radius 1 is 0.673 bits per heavy atom. The Balaban J connectivity index is 1.58. The summed E-state index contributed by atoms with van der Waals surface area (Å²) in [6.07, 6.45) is 1.20. The molecule has 0 aliphatic rings. The van der Waals surface area contributed by atoms with E-state index in [0.29, 0.717) is 75.1 Å². The van der Waals surface area contributed by atoms with Gasteiger partial charge in [-0.1, -0.05) is 42.5 Å². The van der Waals surface area contributed by atoms with E-state index in [9.17, 15) is 9.59 Å². The third-order valence-corrected chi connectivity index (χ3v) is 9.14. The Morgan fingerprint density at radius 2 is 1.29 bits per heavy atom. The molecule has 11 nitrogen and oxygen atoms in total. The number of carbonyl (C=O) groups is 1. The van der Waals surface area contributed by atoms with Crippen LogP contribution in [0, 0.1) is 0 Å². The average molecular weight is 707 g/mol. The number of methoxy groups -OCH3 is 6. The molecule has 0 bridgehead atoms. The van der Waals surface area contributed by atoms with Crippen LogP contribution in [-0.4, -0.2) is 66.1 Å². The Bertz CT molecular complexity index is 2280. The molecule has 0 radical (unpaired) electrons. The molecule has 2 aromatic heterocycles. The molecule has 4 aromatic carbocycles. The zero-order valence-corrected chi connectivity index (χ0v) is 30.2. The van der Waals surface area contributed by atoms with E-state index in [1.54, 1.807) is 58.3 Å². The fourth-order valence-electron chi connectivity index (χ4n) is 6.61. The van der Waals surface area contributed by atoms with Crippen molar-refractivity contribution in [3.63, 3.8) is 0 Å². The summed E-state index contributed by atoms with van der Waals surface area (Å²) in [6, 6.07) is 24.6. The van der Waals surface area contributed by atoms with E-state index in [1.165, 1.54) is 7.11 Å². The standard InChI is InChI=1S/C41H42N2O9/c1-46-30-14-12-26(20-33(30)48-3)17-19-43-39(29(44)24-42-18-16-25-10-8-7-9-11-25)37(27-13-15-31(47-2)34(21-27)49-4)38-28-22-35(50-5)36(51-6)23-32(28)52-41(45)40(38)43/h7-15,20-23,42H,16-19,24H2,1-6H3. The first-order valence-corrected chi connectivity index (χ1v) is 16.8. The van der Waals surface area contributed by atoms with Crippen molar-refractivity contribution in [1.82, 2.24) is 9.88 Å². The highest BCUT2D eigenvalue weighted by molar-refractivity contribution is 6.19. The first-order chi connectivity index (χ1) is 25.3. The third-order valence-electron chi connectivity index (χ3n) is 9.14. The number of benzene rings is 4. The normalized spacial score (nSPS) is 11.1. The van der Waals surface area contributed by atoms with E-state index in [-0.39, 0.29) is 30.0 Å². The van der Waals surface area contributed by atoms with E-state index in [4.69, 9.17) is 32.8 Å². The van der Waals surface area contributed by atoms with E-state index in [0.717, 1.165) is 17.5 Å². The van der Waals surface area contributed by atoms with Crippen LogP contribution in [0.5, 0.6) is 34.5 Å². The second-order valence-corrected chi connectivity index (χ2v) is 12.0. The first kappa shape index (κ1) is 35.9. The highest BCUT2D eigenvalue weighted by Gasteiger charge is 2.29. The van der Waals surface area contributed by atoms with Gasteiger partial charge in [0.25, 0.3) is 0 Å². The Hall–Kier alpha value is -5.94. The lowest BCUT2D eigenvalue weighted by Crippen LogP contribution is -2.27. The van der Waals surface area contributed by atoms with Crippen molar-refractivity contribution >= 4 is 27.7 Å². The molecule has 0 aliphatic heterocycles. The van der Waals surface area contributed by atoms with Crippen molar-refractivity contribution in [1.29, 1.82) is 0 Å². The molecular formula is C41H42N2O9. The quantitative estimate of drug-likeness (QED) is 0.0660. The van der Waals surface area contributed by atoms with Crippen LogP contribution in [0.4, 0.5) is 0 Å². The molecule has 270 valence electrons. The SMILES string of the molecule is COc1ccc(CCn2c(C(=O)CNCCc3ccccc3)c(-c3ccc(OC)c(OC)c3)c3c4cc(OC)c(OC)cc4oc(=O)c32)cc1OC. The molecule has 2 heterocycles. The van der Waals surface area contributed by atoms with Gasteiger partial charge in [-0.2, -0.15) is 0 Å². The van der Waals surface area contributed by atoms with Crippen molar-refractivity contribution in [2.24, 2.45) is 0 Å². The second-order valence-electron chi connectivity index (χ2n) is 12.0. The van der Waals surface area contributed by atoms with E-state index in [1.807, 2.05) is 48.5 Å².